The van der Waals surface area contributed by atoms with Crippen LogP contribution in [0.5, 0.6) is 0 Å². The van der Waals surface area contributed by atoms with Crippen LogP contribution in [0.3, 0.4) is 0 Å². The second-order valence-electron chi connectivity index (χ2n) is 4.85. The molecular formula is C15H12Cl2N4O3S. The summed E-state index contributed by atoms with van der Waals surface area (Å²) in [5.74, 6) is 7.08. The second-order valence-corrected chi connectivity index (χ2v) is 6.63. The highest BCUT2D eigenvalue weighted by Gasteiger charge is 2.16. The number of ether oxygens (including phenoxy) is 1. The second kappa shape index (κ2) is 7.38. The van der Waals surface area contributed by atoms with Crippen LogP contribution in [0.4, 0.5) is 0 Å². The van der Waals surface area contributed by atoms with Gasteiger partial charge in [-0.2, -0.15) is 0 Å². The smallest absolute Gasteiger partial charge is 0.373 e. The van der Waals surface area contributed by atoms with Crippen molar-refractivity contribution in [3.05, 3.63) is 51.9 Å². The Labute approximate surface area is 157 Å². The molecule has 0 aliphatic rings. The van der Waals surface area contributed by atoms with E-state index in [-0.39, 0.29) is 5.76 Å². The number of furan rings is 1. The molecule has 25 heavy (non-hydrogen) atoms. The summed E-state index contributed by atoms with van der Waals surface area (Å²) in [5.41, 5.74) is 0.624. The van der Waals surface area contributed by atoms with E-state index in [0.29, 0.717) is 38.1 Å². The number of nitrogens with zero attached hydrogens (tertiary/aromatic N) is 3. The zero-order valence-electron chi connectivity index (χ0n) is 12.9. The molecular weight excluding hydrogens is 387 g/mol. The highest BCUT2D eigenvalue weighted by molar-refractivity contribution is 7.98. The zero-order valence-corrected chi connectivity index (χ0v) is 15.2. The van der Waals surface area contributed by atoms with Crippen LogP contribution in [0.1, 0.15) is 16.3 Å². The minimum atomic E-state index is -0.530. The van der Waals surface area contributed by atoms with Gasteiger partial charge >= 0.3 is 5.97 Å². The van der Waals surface area contributed by atoms with Crippen molar-refractivity contribution in [2.24, 2.45) is 0 Å². The Hall–Kier alpha value is -2.16. The van der Waals surface area contributed by atoms with Gasteiger partial charge in [0.1, 0.15) is 5.76 Å². The number of carbonyl (C=O) groups is 1. The summed E-state index contributed by atoms with van der Waals surface area (Å²) < 4.78 is 11.3. The third kappa shape index (κ3) is 3.76. The zero-order chi connectivity index (χ0) is 18.0. The van der Waals surface area contributed by atoms with Crippen molar-refractivity contribution in [1.29, 1.82) is 0 Å². The Morgan fingerprint density at radius 3 is 2.84 bits per heavy atom. The summed E-state index contributed by atoms with van der Waals surface area (Å²) in [6.07, 6.45) is 0. The van der Waals surface area contributed by atoms with Crippen LogP contribution in [0.15, 0.2) is 39.9 Å². The fourth-order valence-electron chi connectivity index (χ4n) is 2.03. The molecule has 0 aliphatic heterocycles. The first-order chi connectivity index (χ1) is 12.0. The number of hydrogen-bond acceptors (Lipinski definition) is 7. The Morgan fingerprint density at radius 2 is 2.12 bits per heavy atom. The number of rotatable bonds is 5. The van der Waals surface area contributed by atoms with Gasteiger partial charge in [-0.15, -0.1) is 10.2 Å². The summed E-state index contributed by atoms with van der Waals surface area (Å²) in [7, 11) is 1.29. The minimum absolute atomic E-state index is 0.140. The maximum atomic E-state index is 11.4. The lowest BCUT2D eigenvalue weighted by molar-refractivity contribution is 0.0563. The minimum Gasteiger partial charge on any atom is -0.463 e. The number of nitrogens with two attached hydrogens (primary N) is 1. The van der Waals surface area contributed by atoms with Gasteiger partial charge in [-0.3, -0.25) is 0 Å². The lowest BCUT2D eigenvalue weighted by Gasteiger charge is -2.05. The summed E-state index contributed by atoms with van der Waals surface area (Å²) in [6, 6.07) is 8.27. The highest BCUT2D eigenvalue weighted by atomic mass is 35.5. The van der Waals surface area contributed by atoms with Crippen LogP contribution in [-0.4, -0.2) is 28.0 Å². The number of benzene rings is 1. The molecule has 0 aliphatic carbocycles. The first-order valence-electron chi connectivity index (χ1n) is 6.95. The molecule has 2 N–H and O–H groups in total. The maximum Gasteiger partial charge on any atom is 0.373 e. The molecule has 0 radical (unpaired) electrons. The number of methoxy groups -OCH3 is 1. The Bertz CT molecular complexity index is 925. The van der Waals surface area contributed by atoms with E-state index >= 15 is 0 Å². The molecule has 0 saturated carbocycles. The summed E-state index contributed by atoms with van der Waals surface area (Å²) in [4.78, 5) is 11.4. The van der Waals surface area contributed by atoms with Crippen molar-refractivity contribution >= 4 is 40.9 Å². The van der Waals surface area contributed by atoms with Gasteiger partial charge in [0.2, 0.25) is 10.9 Å². The number of aromatic nitrogens is 3. The van der Waals surface area contributed by atoms with Crippen LogP contribution in [0.2, 0.25) is 10.0 Å². The Kier molecular flexibility index (Phi) is 5.22. The molecule has 2 aromatic heterocycles. The van der Waals surface area contributed by atoms with Gasteiger partial charge in [0, 0.05) is 10.6 Å². The Morgan fingerprint density at radius 1 is 1.32 bits per heavy atom. The number of esters is 1. The van der Waals surface area contributed by atoms with Crippen molar-refractivity contribution in [3.63, 3.8) is 0 Å². The topological polar surface area (TPSA) is 96.2 Å². The van der Waals surface area contributed by atoms with Crippen molar-refractivity contribution in [3.8, 4) is 11.4 Å². The number of thioether (sulfide) groups is 1. The molecule has 0 fully saturated rings. The lowest BCUT2D eigenvalue weighted by atomic mass is 10.2. The number of hydrogen-bond donors (Lipinski definition) is 1. The van der Waals surface area contributed by atoms with E-state index in [4.69, 9.17) is 33.5 Å². The molecule has 0 saturated heterocycles. The van der Waals surface area contributed by atoms with Gasteiger partial charge < -0.3 is 15.0 Å². The van der Waals surface area contributed by atoms with Gasteiger partial charge in [-0.25, -0.2) is 9.47 Å². The molecule has 2 heterocycles. The number of carbonyl (C=O) groups excluding carboxylic acids is 1. The summed E-state index contributed by atoms with van der Waals surface area (Å²) in [5, 5.41) is 9.54. The van der Waals surface area contributed by atoms with E-state index in [2.05, 4.69) is 14.9 Å². The fraction of sp³-hybridized carbons (Fsp3) is 0.133. The van der Waals surface area contributed by atoms with Crippen molar-refractivity contribution < 1.29 is 13.9 Å². The molecule has 1 aromatic carbocycles. The molecule has 10 heteroatoms. The molecule has 3 aromatic rings. The summed E-state index contributed by atoms with van der Waals surface area (Å²) >= 11 is 13.4. The molecule has 130 valence electrons. The first-order valence-corrected chi connectivity index (χ1v) is 8.69. The third-order valence-corrected chi connectivity index (χ3v) is 4.74. The van der Waals surface area contributed by atoms with E-state index in [9.17, 15) is 4.79 Å². The predicted molar refractivity (Wildman–Crippen MR) is 95.2 cm³/mol. The average molecular weight is 399 g/mol. The van der Waals surface area contributed by atoms with Crippen LogP contribution in [0, 0.1) is 0 Å². The van der Waals surface area contributed by atoms with Gasteiger partial charge in [-0.1, -0.05) is 35.0 Å². The van der Waals surface area contributed by atoms with Crippen LogP contribution < -0.4 is 5.84 Å². The van der Waals surface area contributed by atoms with Crippen molar-refractivity contribution in [2.45, 2.75) is 10.9 Å². The van der Waals surface area contributed by atoms with E-state index < -0.39 is 5.97 Å². The van der Waals surface area contributed by atoms with E-state index in [1.54, 1.807) is 30.3 Å². The van der Waals surface area contributed by atoms with Gasteiger partial charge in [-0.05, 0) is 30.3 Å². The lowest BCUT2D eigenvalue weighted by Crippen LogP contribution is -2.11. The van der Waals surface area contributed by atoms with E-state index in [1.807, 2.05) is 0 Å². The van der Waals surface area contributed by atoms with Crippen molar-refractivity contribution in [2.75, 3.05) is 13.0 Å². The molecule has 0 spiro atoms. The largest absolute Gasteiger partial charge is 0.463 e. The van der Waals surface area contributed by atoms with E-state index in [0.717, 1.165) is 0 Å². The van der Waals surface area contributed by atoms with Gasteiger partial charge in [0.15, 0.2) is 5.82 Å². The van der Waals surface area contributed by atoms with Crippen LogP contribution >= 0.6 is 35.0 Å². The van der Waals surface area contributed by atoms with Gasteiger partial charge in [0.05, 0.1) is 17.9 Å². The average Bonchev–Trinajstić information content (AvgIpc) is 3.20. The van der Waals surface area contributed by atoms with Crippen molar-refractivity contribution in [1.82, 2.24) is 14.9 Å². The number of nitrogen functional groups attached to an aromatic ring is 1. The third-order valence-electron chi connectivity index (χ3n) is 3.23. The monoisotopic (exact) mass is 398 g/mol. The van der Waals surface area contributed by atoms with Gasteiger partial charge in [0.25, 0.3) is 0 Å². The molecule has 0 bridgehead atoms. The quantitative estimate of drug-likeness (QED) is 0.398. The number of halogens is 2. The predicted octanol–water partition coefficient (Wildman–Crippen LogP) is 3.64. The molecule has 3 rings (SSSR count). The molecule has 0 unspecified atom stereocenters. The standard InChI is InChI=1S/C15H12Cl2N4O3S/c1-23-14(22)12-5-3-9(24-12)7-25-15-20-19-13(21(15)18)10-4-2-8(16)6-11(10)17/h2-6H,7,18H2,1H3. The van der Waals surface area contributed by atoms with Crippen LogP contribution in [-0.2, 0) is 10.5 Å². The SMILES string of the molecule is COC(=O)c1ccc(CSc2nnc(-c3ccc(Cl)cc3Cl)n2N)o1. The van der Waals surface area contributed by atoms with Crippen LogP contribution in [0.25, 0.3) is 11.4 Å². The fourth-order valence-corrected chi connectivity index (χ4v) is 3.28. The molecule has 7 nitrogen and oxygen atoms in total. The first kappa shape index (κ1) is 17.7. The highest BCUT2D eigenvalue weighted by Crippen LogP contribution is 2.31. The Balaban J connectivity index is 1.75. The summed E-state index contributed by atoms with van der Waals surface area (Å²) in [6.45, 7) is 0. The maximum absolute atomic E-state index is 11.4. The molecule has 0 amide bonds. The molecule has 0 atom stereocenters. The van der Waals surface area contributed by atoms with E-state index in [1.165, 1.54) is 23.5 Å². The normalized spacial score (nSPS) is 10.8.